The van der Waals surface area contributed by atoms with Gasteiger partial charge < -0.3 is 0 Å². The van der Waals surface area contributed by atoms with Crippen molar-refractivity contribution >= 4 is 16.9 Å². The summed E-state index contributed by atoms with van der Waals surface area (Å²) >= 11 is 2.40. The summed E-state index contributed by atoms with van der Waals surface area (Å²) in [7, 11) is 0. The molecule has 42 valence electrons. The molecule has 0 spiro atoms. The van der Waals surface area contributed by atoms with Crippen molar-refractivity contribution in [2.75, 3.05) is 12.0 Å². The minimum absolute atomic E-state index is 0.799. The van der Waals surface area contributed by atoms with Crippen LogP contribution < -0.4 is 0 Å². The Labute approximate surface area is 53.9 Å². The average molecular weight is 162 g/mol. The Kier molecular flexibility index (Phi) is 7.00. The van der Waals surface area contributed by atoms with Crippen LogP contribution in [0.15, 0.2) is 0 Å². The fourth-order valence-corrected chi connectivity index (χ4v) is 0.582. The molecule has 0 aliphatic rings. The van der Waals surface area contributed by atoms with E-state index in [4.69, 9.17) is 4.74 Å². The third-order valence-corrected chi connectivity index (χ3v) is 1.12. The van der Waals surface area contributed by atoms with Crippen LogP contribution in [0.3, 0.4) is 0 Å². The second kappa shape index (κ2) is 6.52. The van der Waals surface area contributed by atoms with E-state index in [1.165, 1.54) is 12.8 Å². The van der Waals surface area contributed by atoms with Crippen LogP contribution in [0.2, 0.25) is 0 Å². The van der Waals surface area contributed by atoms with Crippen molar-refractivity contribution in [1.29, 1.82) is 0 Å². The third-order valence-electron chi connectivity index (χ3n) is 0.734. The Morgan fingerprint density at radius 3 is 2.71 bits per heavy atom. The van der Waals surface area contributed by atoms with Crippen LogP contribution in [-0.2, 0) is 4.74 Å². The van der Waals surface area contributed by atoms with Crippen LogP contribution in [0, 0.1) is 0 Å². The predicted molar refractivity (Wildman–Crippen MR) is 31.5 cm³/mol. The van der Waals surface area contributed by atoms with Gasteiger partial charge in [0, 0.05) is 0 Å². The summed E-state index contributed by atoms with van der Waals surface area (Å²) in [5.41, 5.74) is 0. The van der Waals surface area contributed by atoms with Gasteiger partial charge in [0.25, 0.3) is 0 Å². The summed E-state index contributed by atoms with van der Waals surface area (Å²) in [6.07, 6.45) is 2.42. The Balaban J connectivity index is 2.45. The Morgan fingerprint density at radius 2 is 2.29 bits per heavy atom. The molecule has 0 aliphatic carbocycles. The summed E-state index contributed by atoms with van der Waals surface area (Å²) in [5.74, 6) is 0. The number of ether oxygens (including phenoxy) is 1. The minimum atomic E-state index is 0.799. The molecule has 0 aliphatic heterocycles. The fraction of sp³-hybridized carbons (Fsp3) is 1.00. The van der Waals surface area contributed by atoms with Crippen LogP contribution >= 0.6 is 0 Å². The van der Waals surface area contributed by atoms with Crippen molar-refractivity contribution in [3.05, 3.63) is 0 Å². The van der Waals surface area contributed by atoms with E-state index in [9.17, 15) is 0 Å². The van der Waals surface area contributed by atoms with E-state index in [1.807, 2.05) is 0 Å². The van der Waals surface area contributed by atoms with Gasteiger partial charge in [0.15, 0.2) is 0 Å². The molecular weight excluding hydrogens is 151 g/mol. The first-order chi connectivity index (χ1) is 3.41. The quantitative estimate of drug-likeness (QED) is 0.441. The second-order valence-electron chi connectivity index (χ2n) is 1.39. The number of unbranched alkanes of at least 4 members (excludes halogenated alkanes) is 1. The van der Waals surface area contributed by atoms with Gasteiger partial charge in [-0.1, -0.05) is 0 Å². The Morgan fingerprint density at radius 1 is 1.57 bits per heavy atom. The van der Waals surface area contributed by atoms with Gasteiger partial charge in [-0.05, 0) is 0 Å². The molecule has 0 amide bonds. The molecule has 0 atom stereocenters. The molecule has 0 rings (SSSR count). The van der Waals surface area contributed by atoms with Crippen LogP contribution in [0.4, 0.5) is 0 Å². The molecular formula is C5H11AsO. The van der Waals surface area contributed by atoms with E-state index >= 15 is 0 Å². The first-order valence-corrected chi connectivity index (χ1v) is 3.93. The van der Waals surface area contributed by atoms with Crippen LogP contribution in [-0.4, -0.2) is 28.9 Å². The molecule has 2 heteroatoms. The van der Waals surface area contributed by atoms with Gasteiger partial charge in [0.2, 0.25) is 0 Å². The SMILES string of the molecule is CCCCOC[As]. The molecule has 1 nitrogen and oxygen atoms in total. The molecule has 0 unspecified atom stereocenters. The zero-order chi connectivity index (χ0) is 5.54. The van der Waals surface area contributed by atoms with Gasteiger partial charge in [-0.15, -0.1) is 0 Å². The second-order valence-corrected chi connectivity index (χ2v) is 1.93. The van der Waals surface area contributed by atoms with Crippen molar-refractivity contribution in [1.82, 2.24) is 0 Å². The van der Waals surface area contributed by atoms with Crippen molar-refractivity contribution in [2.45, 2.75) is 19.8 Å². The standard InChI is InChI=1S/C5H11AsO/c1-2-3-4-7-5-6/h2-5H2,1H3. The Hall–Kier alpha value is 0.518. The number of hydrogen-bond acceptors (Lipinski definition) is 1. The first-order valence-electron chi connectivity index (χ1n) is 2.60. The van der Waals surface area contributed by atoms with Crippen LogP contribution in [0.25, 0.3) is 0 Å². The first kappa shape index (κ1) is 7.52. The zero-order valence-corrected chi connectivity index (χ0v) is 6.56. The van der Waals surface area contributed by atoms with E-state index in [0.29, 0.717) is 0 Å². The topological polar surface area (TPSA) is 9.23 Å². The Bertz CT molecular complexity index is 27.3. The summed E-state index contributed by atoms with van der Waals surface area (Å²) in [6, 6.07) is 0. The zero-order valence-electron chi connectivity index (χ0n) is 4.68. The maximum atomic E-state index is 5.05. The molecule has 0 saturated heterocycles. The molecule has 0 N–H and O–H groups in total. The monoisotopic (exact) mass is 162 g/mol. The van der Waals surface area contributed by atoms with Gasteiger partial charge in [-0.2, -0.15) is 0 Å². The summed E-state index contributed by atoms with van der Waals surface area (Å²) < 4.78 is 5.05. The van der Waals surface area contributed by atoms with Crippen molar-refractivity contribution in [3.8, 4) is 0 Å². The molecule has 0 bridgehead atoms. The number of hydrogen-bond donors (Lipinski definition) is 0. The van der Waals surface area contributed by atoms with Gasteiger partial charge in [0.1, 0.15) is 0 Å². The molecule has 0 fully saturated rings. The summed E-state index contributed by atoms with van der Waals surface area (Å²) in [5, 5.41) is 0.799. The van der Waals surface area contributed by atoms with E-state index in [1.54, 1.807) is 0 Å². The van der Waals surface area contributed by atoms with Crippen LogP contribution in [0.1, 0.15) is 19.8 Å². The molecule has 7 heavy (non-hydrogen) atoms. The van der Waals surface area contributed by atoms with E-state index < -0.39 is 0 Å². The summed E-state index contributed by atoms with van der Waals surface area (Å²) in [6.45, 7) is 3.08. The van der Waals surface area contributed by atoms with Gasteiger partial charge in [-0.25, -0.2) is 0 Å². The molecule has 0 saturated carbocycles. The average Bonchev–Trinajstić information content (AvgIpc) is 1.69. The van der Waals surface area contributed by atoms with Crippen molar-refractivity contribution < 1.29 is 4.74 Å². The van der Waals surface area contributed by atoms with E-state index in [2.05, 4.69) is 23.8 Å². The fourth-order valence-electron chi connectivity index (χ4n) is 0.311. The predicted octanol–water partition coefficient (Wildman–Crippen LogP) is 0.929. The number of rotatable bonds is 4. The van der Waals surface area contributed by atoms with E-state index in [-0.39, 0.29) is 0 Å². The molecule has 0 heterocycles. The van der Waals surface area contributed by atoms with E-state index in [0.717, 1.165) is 12.0 Å². The third kappa shape index (κ3) is 6.52. The van der Waals surface area contributed by atoms with Gasteiger partial charge >= 0.3 is 53.4 Å². The molecule has 2 radical (unpaired) electrons. The van der Waals surface area contributed by atoms with Crippen LogP contribution in [0.5, 0.6) is 0 Å². The van der Waals surface area contributed by atoms with Gasteiger partial charge in [-0.3, -0.25) is 0 Å². The summed E-state index contributed by atoms with van der Waals surface area (Å²) in [4.78, 5) is 0. The molecule has 0 aromatic heterocycles. The normalized spacial score (nSPS) is 9.43. The molecule has 0 aromatic carbocycles. The maximum absolute atomic E-state index is 5.05. The molecule has 0 aromatic rings. The van der Waals surface area contributed by atoms with Crippen molar-refractivity contribution in [3.63, 3.8) is 0 Å². The van der Waals surface area contributed by atoms with Gasteiger partial charge in [0.05, 0.1) is 0 Å². The van der Waals surface area contributed by atoms with Crippen molar-refractivity contribution in [2.24, 2.45) is 0 Å².